The molecule has 2 aromatic rings. The molecule has 0 radical (unpaired) electrons. The molecule has 0 saturated carbocycles. The van der Waals surface area contributed by atoms with E-state index in [9.17, 15) is 4.79 Å². The van der Waals surface area contributed by atoms with Gasteiger partial charge in [-0.25, -0.2) is 0 Å². The van der Waals surface area contributed by atoms with Gasteiger partial charge < -0.3 is 14.8 Å². The van der Waals surface area contributed by atoms with Gasteiger partial charge in [-0.05, 0) is 42.3 Å². The molecule has 3 rings (SSSR count). The number of halogens is 1. The number of rotatable bonds is 7. The third-order valence-corrected chi connectivity index (χ3v) is 4.75. The normalized spacial score (nSPS) is 15.9. The van der Waals surface area contributed by atoms with Crippen molar-refractivity contribution in [3.05, 3.63) is 64.7 Å². The number of amides is 1. The molecule has 6 heteroatoms. The number of hydrogen-bond acceptors (Lipinski definition) is 4. The maximum absolute atomic E-state index is 12.2. The lowest BCUT2D eigenvalue weighted by molar-refractivity contribution is -0.127. The van der Waals surface area contributed by atoms with Crippen LogP contribution >= 0.6 is 11.6 Å². The molecule has 0 spiro atoms. The van der Waals surface area contributed by atoms with Crippen molar-refractivity contribution in [3.63, 3.8) is 0 Å². The van der Waals surface area contributed by atoms with E-state index < -0.39 is 6.10 Å². The number of nitrogens with one attached hydrogen (secondary N) is 1. The fourth-order valence-corrected chi connectivity index (χ4v) is 3.01. The highest BCUT2D eigenvalue weighted by Crippen LogP contribution is 2.17. The van der Waals surface area contributed by atoms with E-state index in [1.165, 1.54) is 5.56 Å². The first-order valence-electron chi connectivity index (χ1n) is 9.18. The molecule has 1 atom stereocenters. The van der Waals surface area contributed by atoms with Crippen LogP contribution in [0.15, 0.2) is 48.5 Å². The monoisotopic (exact) mass is 388 g/mol. The van der Waals surface area contributed by atoms with Crippen molar-refractivity contribution in [2.24, 2.45) is 0 Å². The van der Waals surface area contributed by atoms with Gasteiger partial charge in [-0.2, -0.15) is 0 Å². The van der Waals surface area contributed by atoms with E-state index >= 15 is 0 Å². The molecule has 0 aromatic heterocycles. The van der Waals surface area contributed by atoms with E-state index in [0.29, 0.717) is 17.3 Å². The summed E-state index contributed by atoms with van der Waals surface area (Å²) in [6.45, 7) is 6.70. The smallest absolute Gasteiger partial charge is 0.261 e. The lowest BCUT2D eigenvalue weighted by Crippen LogP contribution is -2.36. The van der Waals surface area contributed by atoms with Crippen LogP contribution in [0.5, 0.6) is 5.75 Å². The molecule has 1 N–H and O–H groups in total. The molecule has 0 aliphatic carbocycles. The zero-order chi connectivity index (χ0) is 19.1. The molecule has 2 aromatic carbocycles. The minimum absolute atomic E-state index is 0.151. The maximum Gasteiger partial charge on any atom is 0.261 e. The van der Waals surface area contributed by atoms with Crippen molar-refractivity contribution >= 4 is 17.5 Å². The predicted octanol–water partition coefficient (Wildman–Crippen LogP) is 3.26. The number of ether oxygens (including phenoxy) is 2. The Kier molecular flexibility index (Phi) is 7.10. The van der Waals surface area contributed by atoms with Crippen molar-refractivity contribution in [2.75, 3.05) is 26.3 Å². The molecule has 144 valence electrons. The minimum atomic E-state index is -0.577. The summed E-state index contributed by atoms with van der Waals surface area (Å²) < 4.78 is 11.0. The van der Waals surface area contributed by atoms with E-state index in [4.69, 9.17) is 21.1 Å². The first-order valence-corrected chi connectivity index (χ1v) is 9.56. The summed E-state index contributed by atoms with van der Waals surface area (Å²) in [5.74, 6) is 0.469. The van der Waals surface area contributed by atoms with Crippen LogP contribution in [0, 0.1) is 0 Å². The highest BCUT2D eigenvalue weighted by Gasteiger charge is 2.14. The summed E-state index contributed by atoms with van der Waals surface area (Å²) in [6.07, 6.45) is -0.577. The molecule has 5 nitrogen and oxygen atoms in total. The molecule has 1 aliphatic heterocycles. The Labute approximate surface area is 165 Å². The first kappa shape index (κ1) is 19.7. The van der Waals surface area contributed by atoms with Crippen molar-refractivity contribution < 1.29 is 14.3 Å². The number of carbonyl (C=O) groups excluding carboxylic acids is 1. The fraction of sp³-hybridized carbons (Fsp3) is 0.381. The van der Waals surface area contributed by atoms with Crippen LogP contribution in [0.25, 0.3) is 0 Å². The van der Waals surface area contributed by atoms with Gasteiger partial charge in [-0.15, -0.1) is 0 Å². The second kappa shape index (κ2) is 9.74. The standard InChI is InChI=1S/C21H25ClN2O3/c1-16(27-20-8-6-19(22)7-9-20)21(25)23-14-17-2-4-18(5-3-17)15-24-10-12-26-13-11-24/h2-9,16H,10-15H2,1H3,(H,23,25). The summed E-state index contributed by atoms with van der Waals surface area (Å²) in [5.41, 5.74) is 2.33. The largest absolute Gasteiger partial charge is 0.481 e. The lowest BCUT2D eigenvalue weighted by atomic mass is 10.1. The van der Waals surface area contributed by atoms with Gasteiger partial charge in [-0.3, -0.25) is 9.69 Å². The number of carbonyl (C=O) groups is 1. The average Bonchev–Trinajstić information content (AvgIpc) is 2.69. The van der Waals surface area contributed by atoms with E-state index in [1.807, 2.05) is 0 Å². The SMILES string of the molecule is CC(Oc1ccc(Cl)cc1)C(=O)NCc1ccc(CN2CCOCC2)cc1. The topological polar surface area (TPSA) is 50.8 Å². The van der Waals surface area contributed by atoms with Crippen LogP contribution in [-0.4, -0.2) is 43.2 Å². The quantitative estimate of drug-likeness (QED) is 0.791. The molecule has 1 amide bonds. The Morgan fingerprint density at radius 2 is 1.74 bits per heavy atom. The van der Waals surface area contributed by atoms with Crippen molar-refractivity contribution in [3.8, 4) is 5.75 Å². The van der Waals surface area contributed by atoms with E-state index in [1.54, 1.807) is 31.2 Å². The number of morpholine rings is 1. The van der Waals surface area contributed by atoms with Gasteiger partial charge in [0.2, 0.25) is 0 Å². The van der Waals surface area contributed by atoms with Crippen LogP contribution in [0.2, 0.25) is 5.02 Å². The fourth-order valence-electron chi connectivity index (χ4n) is 2.88. The van der Waals surface area contributed by atoms with Gasteiger partial charge in [0.05, 0.1) is 13.2 Å². The van der Waals surface area contributed by atoms with E-state index in [-0.39, 0.29) is 5.91 Å². The van der Waals surface area contributed by atoms with Crippen LogP contribution in [0.3, 0.4) is 0 Å². The first-order chi connectivity index (χ1) is 13.1. The second-order valence-corrected chi connectivity index (χ2v) is 7.07. The molecule has 1 heterocycles. The summed E-state index contributed by atoms with van der Waals surface area (Å²) in [4.78, 5) is 14.6. The second-order valence-electron chi connectivity index (χ2n) is 6.64. The summed E-state index contributed by atoms with van der Waals surface area (Å²) in [5, 5.41) is 3.55. The maximum atomic E-state index is 12.2. The van der Waals surface area contributed by atoms with Gasteiger partial charge >= 0.3 is 0 Å². The van der Waals surface area contributed by atoms with E-state index in [2.05, 4.69) is 34.5 Å². The van der Waals surface area contributed by atoms with Gasteiger partial charge in [0, 0.05) is 31.2 Å². The highest BCUT2D eigenvalue weighted by atomic mass is 35.5. The molecule has 27 heavy (non-hydrogen) atoms. The molecular weight excluding hydrogens is 364 g/mol. The molecule has 1 unspecified atom stereocenters. The molecule has 0 bridgehead atoms. The number of hydrogen-bond donors (Lipinski definition) is 1. The predicted molar refractivity (Wildman–Crippen MR) is 106 cm³/mol. The third-order valence-electron chi connectivity index (χ3n) is 4.50. The number of nitrogens with zero attached hydrogens (tertiary/aromatic N) is 1. The lowest BCUT2D eigenvalue weighted by Gasteiger charge is -2.26. The van der Waals surface area contributed by atoms with Crippen LogP contribution in [0.4, 0.5) is 0 Å². The van der Waals surface area contributed by atoms with Crippen LogP contribution < -0.4 is 10.1 Å². The Balaban J connectivity index is 1.44. The Bertz CT molecular complexity index is 728. The zero-order valence-electron chi connectivity index (χ0n) is 15.5. The summed E-state index contributed by atoms with van der Waals surface area (Å²) in [7, 11) is 0. The summed E-state index contributed by atoms with van der Waals surface area (Å²) >= 11 is 5.85. The molecule has 1 fully saturated rings. The number of benzene rings is 2. The molecular formula is C21H25ClN2O3. The Morgan fingerprint density at radius 3 is 2.41 bits per heavy atom. The highest BCUT2D eigenvalue weighted by molar-refractivity contribution is 6.30. The van der Waals surface area contributed by atoms with Gasteiger partial charge in [-0.1, -0.05) is 35.9 Å². The van der Waals surface area contributed by atoms with Crippen molar-refractivity contribution in [1.29, 1.82) is 0 Å². The average molecular weight is 389 g/mol. The van der Waals surface area contributed by atoms with Crippen LogP contribution in [0.1, 0.15) is 18.1 Å². The summed E-state index contributed by atoms with van der Waals surface area (Å²) in [6, 6.07) is 15.3. The van der Waals surface area contributed by atoms with E-state index in [0.717, 1.165) is 38.4 Å². The van der Waals surface area contributed by atoms with Gasteiger partial charge in [0.1, 0.15) is 5.75 Å². The van der Waals surface area contributed by atoms with Crippen molar-refractivity contribution in [1.82, 2.24) is 10.2 Å². The molecule has 1 saturated heterocycles. The van der Waals surface area contributed by atoms with Crippen LogP contribution in [-0.2, 0) is 22.6 Å². The zero-order valence-corrected chi connectivity index (χ0v) is 16.2. The molecule has 1 aliphatic rings. The van der Waals surface area contributed by atoms with Gasteiger partial charge in [0.25, 0.3) is 5.91 Å². The van der Waals surface area contributed by atoms with Gasteiger partial charge in [0.15, 0.2) is 6.10 Å². The third kappa shape index (κ3) is 6.24. The van der Waals surface area contributed by atoms with Crippen molar-refractivity contribution in [2.45, 2.75) is 26.1 Å². The Morgan fingerprint density at radius 1 is 1.11 bits per heavy atom. The minimum Gasteiger partial charge on any atom is -0.481 e. The Hall–Kier alpha value is -2.08.